The van der Waals surface area contributed by atoms with Gasteiger partial charge in [-0.2, -0.15) is 0 Å². The first-order valence-electron chi connectivity index (χ1n) is 9.47. The highest BCUT2D eigenvalue weighted by Crippen LogP contribution is 2.05. The number of piperazine rings is 1. The molecule has 1 aliphatic heterocycles. The second-order valence-electron chi connectivity index (χ2n) is 7.08. The molecule has 2 aromatic rings. The monoisotopic (exact) mass is 359 g/mol. The molecule has 3 heterocycles. The van der Waals surface area contributed by atoms with Crippen molar-refractivity contribution >= 4 is 0 Å². The summed E-state index contributed by atoms with van der Waals surface area (Å²) in [5, 5.41) is 0. The van der Waals surface area contributed by atoms with Crippen LogP contribution in [0.25, 0.3) is 0 Å². The zero-order chi connectivity index (χ0) is 18.4. The van der Waals surface area contributed by atoms with E-state index in [9.17, 15) is 9.59 Å². The number of H-pyrrole nitrogens is 1. The van der Waals surface area contributed by atoms with Crippen molar-refractivity contribution in [1.82, 2.24) is 23.9 Å². The number of aryl methyl sites for hydroxylation is 2. The third kappa shape index (κ3) is 5.19. The van der Waals surface area contributed by atoms with Gasteiger partial charge in [-0.1, -0.05) is 0 Å². The number of hydrogen-bond acceptors (Lipinski definition) is 4. The van der Waals surface area contributed by atoms with Crippen LogP contribution in [0.4, 0.5) is 0 Å². The number of hydrogen-bond donors (Lipinski definition) is 1. The van der Waals surface area contributed by atoms with Gasteiger partial charge < -0.3 is 14.0 Å². The minimum Gasteiger partial charge on any atom is -0.353 e. The predicted octanol–water partition coefficient (Wildman–Crippen LogP) is 0.745. The first-order valence-corrected chi connectivity index (χ1v) is 9.47. The highest BCUT2D eigenvalue weighted by atomic mass is 16.2. The molecule has 0 amide bonds. The molecule has 1 N–H and O–H groups in total. The molecule has 26 heavy (non-hydrogen) atoms. The van der Waals surface area contributed by atoms with Gasteiger partial charge in [-0.05, 0) is 38.4 Å². The van der Waals surface area contributed by atoms with Crippen LogP contribution in [-0.2, 0) is 13.1 Å². The van der Waals surface area contributed by atoms with Gasteiger partial charge >= 0.3 is 5.69 Å². The molecule has 0 saturated carbocycles. The second kappa shape index (κ2) is 9.00. The highest BCUT2D eigenvalue weighted by Gasteiger charge is 2.16. The van der Waals surface area contributed by atoms with E-state index in [4.69, 9.17) is 0 Å². The summed E-state index contributed by atoms with van der Waals surface area (Å²) in [5.74, 6) is 0. The Balaban J connectivity index is 1.32. The van der Waals surface area contributed by atoms with Gasteiger partial charge in [0.2, 0.25) is 0 Å². The van der Waals surface area contributed by atoms with E-state index in [1.54, 1.807) is 17.7 Å². The Bertz CT molecular complexity index is 785. The summed E-state index contributed by atoms with van der Waals surface area (Å²) in [5.41, 5.74) is -0.0153. The van der Waals surface area contributed by atoms with Gasteiger partial charge in [0.1, 0.15) is 0 Å². The van der Waals surface area contributed by atoms with E-state index in [1.807, 2.05) is 0 Å². The van der Waals surface area contributed by atoms with E-state index in [1.165, 1.54) is 0 Å². The van der Waals surface area contributed by atoms with E-state index in [0.717, 1.165) is 58.7 Å². The van der Waals surface area contributed by atoms with E-state index in [2.05, 4.69) is 43.9 Å². The van der Waals surface area contributed by atoms with Crippen molar-refractivity contribution in [3.05, 3.63) is 57.1 Å². The molecule has 142 valence electrons. The minimum absolute atomic E-state index is 0.291. The Morgan fingerprint density at radius 1 is 0.885 bits per heavy atom. The maximum atomic E-state index is 11.8. The Hall–Kier alpha value is -2.12. The summed E-state index contributed by atoms with van der Waals surface area (Å²) in [7, 11) is 0. The molecule has 1 fully saturated rings. The third-order valence-corrected chi connectivity index (χ3v) is 5.12. The number of unbranched alkanes of at least 4 members (excludes halogenated alkanes) is 1. The fourth-order valence-electron chi connectivity index (χ4n) is 3.41. The third-order valence-electron chi connectivity index (χ3n) is 5.12. The second-order valence-corrected chi connectivity index (χ2v) is 7.08. The molecule has 0 aromatic carbocycles. The Labute approximate surface area is 153 Å². The van der Waals surface area contributed by atoms with Crippen molar-refractivity contribution in [1.29, 1.82) is 0 Å². The lowest BCUT2D eigenvalue weighted by molar-refractivity contribution is 0.127. The smallest absolute Gasteiger partial charge is 0.328 e. The lowest BCUT2D eigenvalue weighted by atomic mass is 10.2. The van der Waals surface area contributed by atoms with Gasteiger partial charge in [0.05, 0.1) is 0 Å². The molecule has 1 saturated heterocycles. The lowest BCUT2D eigenvalue weighted by Crippen LogP contribution is -2.47. The fourth-order valence-corrected chi connectivity index (χ4v) is 3.41. The van der Waals surface area contributed by atoms with Gasteiger partial charge in [-0.25, -0.2) is 4.79 Å². The molecule has 7 heteroatoms. The van der Waals surface area contributed by atoms with E-state index >= 15 is 0 Å². The van der Waals surface area contributed by atoms with E-state index in [-0.39, 0.29) is 11.2 Å². The summed E-state index contributed by atoms with van der Waals surface area (Å²) in [6, 6.07) is 4.14. The quantitative estimate of drug-likeness (QED) is 0.706. The number of rotatable bonds is 8. The normalized spacial score (nSPS) is 16.2. The molecule has 0 aliphatic carbocycles. The topological polar surface area (TPSA) is 66.3 Å². The van der Waals surface area contributed by atoms with E-state index < -0.39 is 0 Å². The van der Waals surface area contributed by atoms with Crippen LogP contribution in [0.1, 0.15) is 18.4 Å². The predicted molar refractivity (Wildman–Crippen MR) is 103 cm³/mol. The van der Waals surface area contributed by atoms with Gasteiger partial charge in [0.25, 0.3) is 5.56 Å². The van der Waals surface area contributed by atoms with Crippen LogP contribution in [0.2, 0.25) is 0 Å². The molecule has 0 bridgehead atoms. The highest BCUT2D eigenvalue weighted by molar-refractivity contribution is 5.00. The summed E-state index contributed by atoms with van der Waals surface area (Å²) in [4.78, 5) is 30.5. The summed E-state index contributed by atoms with van der Waals surface area (Å²) in [6.07, 6.45) is 7.90. The molecule has 7 nitrogen and oxygen atoms in total. The molecule has 1 aliphatic rings. The number of aromatic amines is 1. The molecule has 0 radical (unpaired) electrons. The summed E-state index contributed by atoms with van der Waals surface area (Å²) < 4.78 is 3.84. The number of nitrogens with one attached hydrogen (secondary N) is 1. The van der Waals surface area contributed by atoms with Crippen LogP contribution < -0.4 is 11.2 Å². The van der Waals surface area contributed by atoms with Gasteiger partial charge in [-0.15, -0.1) is 0 Å². The number of nitrogens with zero attached hydrogens (tertiary/aromatic N) is 4. The zero-order valence-corrected chi connectivity index (χ0v) is 15.6. The van der Waals surface area contributed by atoms with Crippen molar-refractivity contribution in [3.63, 3.8) is 0 Å². The van der Waals surface area contributed by atoms with Gasteiger partial charge in [-0.3, -0.25) is 14.7 Å². The van der Waals surface area contributed by atoms with Crippen molar-refractivity contribution in [2.24, 2.45) is 0 Å². The van der Waals surface area contributed by atoms with Gasteiger partial charge in [0.15, 0.2) is 0 Å². The average Bonchev–Trinajstić information content (AvgIpc) is 3.15. The maximum Gasteiger partial charge on any atom is 0.328 e. The molecule has 2 aromatic heterocycles. The van der Waals surface area contributed by atoms with Crippen LogP contribution in [-0.4, -0.2) is 63.2 Å². The van der Waals surface area contributed by atoms with Crippen molar-refractivity contribution in [2.45, 2.75) is 32.9 Å². The largest absolute Gasteiger partial charge is 0.353 e. The van der Waals surface area contributed by atoms with Crippen LogP contribution in [0, 0.1) is 6.92 Å². The Morgan fingerprint density at radius 2 is 1.50 bits per heavy atom. The van der Waals surface area contributed by atoms with Crippen LogP contribution in [0.3, 0.4) is 0 Å². The summed E-state index contributed by atoms with van der Waals surface area (Å²) in [6.45, 7) is 10.1. The summed E-state index contributed by atoms with van der Waals surface area (Å²) >= 11 is 0. The van der Waals surface area contributed by atoms with Crippen molar-refractivity contribution < 1.29 is 0 Å². The van der Waals surface area contributed by atoms with Crippen LogP contribution in [0.15, 0.2) is 40.3 Å². The fraction of sp³-hybridized carbons (Fsp3) is 0.579. The standard InChI is InChI=1S/C19H29N5O2/c1-17-16-24(19(26)20-18(17)25)9-5-4-8-22-11-14-23(15-12-22)13-10-21-6-2-3-7-21/h2-3,6-7,16H,4-5,8-15H2,1H3,(H,20,25,26). The molecular weight excluding hydrogens is 330 g/mol. The van der Waals surface area contributed by atoms with Gasteiger partial charge in [0, 0.05) is 70.0 Å². The minimum atomic E-state index is -0.308. The number of aromatic nitrogens is 3. The Morgan fingerprint density at radius 3 is 2.19 bits per heavy atom. The SMILES string of the molecule is Cc1cn(CCCCN2CCN(CCn3cccc3)CC2)c(=O)[nH]c1=O. The first-order chi connectivity index (χ1) is 12.6. The average molecular weight is 359 g/mol. The molecule has 0 atom stereocenters. The van der Waals surface area contributed by atoms with E-state index in [0.29, 0.717) is 12.1 Å². The zero-order valence-electron chi connectivity index (χ0n) is 15.6. The van der Waals surface area contributed by atoms with Crippen LogP contribution in [0.5, 0.6) is 0 Å². The van der Waals surface area contributed by atoms with Crippen LogP contribution >= 0.6 is 0 Å². The molecule has 0 spiro atoms. The molecule has 3 rings (SSSR count). The molecule has 0 unspecified atom stereocenters. The maximum absolute atomic E-state index is 11.8. The first kappa shape index (κ1) is 18.7. The molecular formula is C19H29N5O2. The van der Waals surface area contributed by atoms with Crippen molar-refractivity contribution in [3.8, 4) is 0 Å². The lowest BCUT2D eigenvalue weighted by Gasteiger charge is -2.34. The van der Waals surface area contributed by atoms with Crippen molar-refractivity contribution in [2.75, 3.05) is 39.3 Å². The Kier molecular flexibility index (Phi) is 6.46.